The second kappa shape index (κ2) is 8.36. The number of hydrogen-bond donors (Lipinski definition) is 2. The van der Waals surface area contributed by atoms with Gasteiger partial charge in [-0.15, -0.1) is 0 Å². The number of rotatable bonds is 6. The van der Waals surface area contributed by atoms with Crippen LogP contribution in [0.5, 0.6) is 0 Å². The predicted octanol–water partition coefficient (Wildman–Crippen LogP) is 2.65. The van der Waals surface area contributed by atoms with Crippen LogP contribution in [0.2, 0.25) is 5.02 Å². The zero-order valence-electron chi connectivity index (χ0n) is 15.1. The molecule has 0 atom stereocenters. The number of aryl methyl sites for hydroxylation is 1. The van der Waals surface area contributed by atoms with Gasteiger partial charge in [0, 0.05) is 23.7 Å². The molecule has 0 aliphatic rings. The van der Waals surface area contributed by atoms with Gasteiger partial charge in [0.05, 0.1) is 6.54 Å². The number of likely N-dealkylation sites (N-methyl/N-ethyl adjacent to an activating group) is 1. The van der Waals surface area contributed by atoms with Crippen LogP contribution in [0.3, 0.4) is 0 Å². The predicted molar refractivity (Wildman–Crippen MR) is 105 cm³/mol. The van der Waals surface area contributed by atoms with Crippen molar-refractivity contribution in [2.75, 3.05) is 18.9 Å². The number of halogens is 1. The molecule has 9 nitrogen and oxygen atoms in total. The highest BCUT2D eigenvalue weighted by molar-refractivity contribution is 7.71. The van der Waals surface area contributed by atoms with Crippen molar-refractivity contribution in [3.8, 4) is 11.4 Å². The summed E-state index contributed by atoms with van der Waals surface area (Å²) in [5, 5.41) is 13.7. The van der Waals surface area contributed by atoms with E-state index in [0.717, 1.165) is 5.56 Å². The number of amides is 2. The number of carbonyl (C=O) groups excluding carboxylic acids is 2. The molecular formula is C17H17ClN6O3S. The third kappa shape index (κ3) is 4.65. The lowest BCUT2D eigenvalue weighted by Crippen LogP contribution is -2.37. The van der Waals surface area contributed by atoms with Gasteiger partial charge in [-0.05, 0) is 43.4 Å². The Balaban J connectivity index is 1.67. The van der Waals surface area contributed by atoms with Crippen molar-refractivity contribution in [3.05, 3.63) is 45.9 Å². The molecular weight excluding hydrogens is 404 g/mol. The smallest absolute Gasteiger partial charge is 0.245 e. The molecule has 146 valence electrons. The number of H-pyrrole nitrogens is 1. The first-order valence-corrected chi connectivity index (χ1v) is 9.00. The molecule has 2 amide bonds. The molecule has 2 aromatic heterocycles. The second-order valence-electron chi connectivity index (χ2n) is 6.07. The highest BCUT2D eigenvalue weighted by atomic mass is 35.5. The van der Waals surface area contributed by atoms with E-state index in [9.17, 15) is 9.59 Å². The Kier molecular flexibility index (Phi) is 5.90. The number of carbonyl (C=O) groups is 2. The molecule has 3 rings (SSSR count). The van der Waals surface area contributed by atoms with Gasteiger partial charge in [-0.25, -0.2) is 0 Å². The molecule has 0 saturated carbocycles. The molecule has 0 radical (unpaired) electrons. The van der Waals surface area contributed by atoms with E-state index < -0.39 is 5.91 Å². The maximum atomic E-state index is 12.6. The summed E-state index contributed by atoms with van der Waals surface area (Å²) in [4.78, 5) is 25.9. The summed E-state index contributed by atoms with van der Waals surface area (Å²) in [5.41, 5.74) is 0.756. The standard InChI is InChI=1S/C17H17ClN6O3S/c1-10-7-13(22-27-10)19-14(25)8-23(2)15(26)9-24-16(20-21-17(24)28)11-3-5-12(18)6-4-11/h3-7H,8-9H2,1-2H3,(H,21,28)(H,19,22,25). The number of benzene rings is 1. The molecule has 0 unspecified atom stereocenters. The number of nitrogens with zero attached hydrogens (tertiary/aromatic N) is 4. The molecule has 0 aliphatic heterocycles. The van der Waals surface area contributed by atoms with E-state index in [1.54, 1.807) is 41.8 Å². The molecule has 0 aliphatic carbocycles. The van der Waals surface area contributed by atoms with Crippen LogP contribution in [0.15, 0.2) is 34.9 Å². The average molecular weight is 421 g/mol. The zero-order valence-corrected chi connectivity index (χ0v) is 16.7. The first-order chi connectivity index (χ1) is 13.3. The van der Waals surface area contributed by atoms with Gasteiger partial charge in [0.1, 0.15) is 12.3 Å². The zero-order chi connectivity index (χ0) is 20.3. The topological polar surface area (TPSA) is 109 Å². The van der Waals surface area contributed by atoms with E-state index in [-0.39, 0.29) is 19.0 Å². The van der Waals surface area contributed by atoms with E-state index >= 15 is 0 Å². The SMILES string of the molecule is Cc1cc(NC(=O)CN(C)C(=O)Cn2c(-c3ccc(Cl)cc3)n[nH]c2=S)no1. The van der Waals surface area contributed by atoms with Gasteiger partial charge in [-0.2, -0.15) is 5.10 Å². The Morgan fingerprint density at radius 3 is 2.71 bits per heavy atom. The molecule has 0 fully saturated rings. The van der Waals surface area contributed by atoms with Gasteiger partial charge < -0.3 is 14.7 Å². The summed E-state index contributed by atoms with van der Waals surface area (Å²) >= 11 is 11.1. The monoisotopic (exact) mass is 420 g/mol. The lowest BCUT2D eigenvalue weighted by Gasteiger charge is -2.17. The highest BCUT2D eigenvalue weighted by Gasteiger charge is 2.18. The van der Waals surface area contributed by atoms with Crippen molar-refractivity contribution in [2.45, 2.75) is 13.5 Å². The minimum Gasteiger partial charge on any atom is -0.360 e. The molecule has 3 aromatic rings. The summed E-state index contributed by atoms with van der Waals surface area (Å²) < 4.78 is 6.75. The van der Waals surface area contributed by atoms with Crippen molar-refractivity contribution in [2.24, 2.45) is 0 Å². The summed E-state index contributed by atoms with van der Waals surface area (Å²) in [6.45, 7) is 1.50. The number of aromatic nitrogens is 4. The number of nitrogens with one attached hydrogen (secondary N) is 2. The van der Waals surface area contributed by atoms with E-state index in [0.29, 0.717) is 27.2 Å². The lowest BCUT2D eigenvalue weighted by molar-refractivity contribution is -0.133. The van der Waals surface area contributed by atoms with Crippen molar-refractivity contribution in [3.63, 3.8) is 0 Å². The molecule has 11 heteroatoms. The Bertz CT molecular complexity index is 1060. The van der Waals surface area contributed by atoms with E-state index in [1.807, 2.05) is 0 Å². The average Bonchev–Trinajstić information content (AvgIpc) is 3.21. The van der Waals surface area contributed by atoms with Crippen LogP contribution in [-0.2, 0) is 16.1 Å². The summed E-state index contributed by atoms with van der Waals surface area (Å²) in [5.74, 6) is 0.678. The fraction of sp³-hybridized carbons (Fsp3) is 0.235. The van der Waals surface area contributed by atoms with Gasteiger partial charge in [0.15, 0.2) is 16.4 Å². The largest absolute Gasteiger partial charge is 0.360 e. The summed E-state index contributed by atoms with van der Waals surface area (Å²) in [6, 6.07) is 8.60. The normalized spacial score (nSPS) is 10.7. The first-order valence-electron chi connectivity index (χ1n) is 8.22. The van der Waals surface area contributed by atoms with Crippen LogP contribution < -0.4 is 5.32 Å². The molecule has 28 heavy (non-hydrogen) atoms. The maximum absolute atomic E-state index is 12.6. The Morgan fingerprint density at radius 2 is 2.07 bits per heavy atom. The van der Waals surface area contributed by atoms with Gasteiger partial charge in [0.2, 0.25) is 11.8 Å². The first kappa shape index (κ1) is 19.8. The van der Waals surface area contributed by atoms with E-state index in [1.165, 1.54) is 11.9 Å². The van der Waals surface area contributed by atoms with Crippen LogP contribution in [-0.4, -0.2) is 50.2 Å². The maximum Gasteiger partial charge on any atom is 0.245 e. The molecule has 2 N–H and O–H groups in total. The molecule has 0 spiro atoms. The van der Waals surface area contributed by atoms with Crippen LogP contribution >= 0.6 is 23.8 Å². The van der Waals surface area contributed by atoms with Crippen molar-refractivity contribution in [1.29, 1.82) is 0 Å². The minimum atomic E-state index is -0.391. The summed E-state index contributed by atoms with van der Waals surface area (Å²) in [7, 11) is 1.53. The fourth-order valence-corrected chi connectivity index (χ4v) is 2.77. The second-order valence-corrected chi connectivity index (χ2v) is 6.89. The van der Waals surface area contributed by atoms with Gasteiger partial charge in [-0.1, -0.05) is 16.8 Å². The third-order valence-electron chi connectivity index (χ3n) is 3.86. The van der Waals surface area contributed by atoms with Crippen LogP contribution in [0.4, 0.5) is 5.82 Å². The van der Waals surface area contributed by atoms with E-state index in [2.05, 4.69) is 20.7 Å². The third-order valence-corrected chi connectivity index (χ3v) is 4.42. The number of hydrogen-bond acceptors (Lipinski definition) is 6. The van der Waals surface area contributed by atoms with Gasteiger partial charge in [0.25, 0.3) is 0 Å². The Hall–Kier alpha value is -2.98. The molecule has 1 aromatic carbocycles. The van der Waals surface area contributed by atoms with E-state index in [4.69, 9.17) is 28.3 Å². The molecule has 2 heterocycles. The number of anilines is 1. The quantitative estimate of drug-likeness (QED) is 0.593. The fourth-order valence-electron chi connectivity index (χ4n) is 2.45. The van der Waals surface area contributed by atoms with Gasteiger partial charge in [-0.3, -0.25) is 19.3 Å². The molecule has 0 bridgehead atoms. The van der Waals surface area contributed by atoms with Crippen molar-refractivity contribution in [1.82, 2.24) is 24.8 Å². The lowest BCUT2D eigenvalue weighted by atomic mass is 10.2. The molecule has 0 saturated heterocycles. The summed E-state index contributed by atoms with van der Waals surface area (Å²) in [6.07, 6.45) is 0. The van der Waals surface area contributed by atoms with Crippen molar-refractivity contribution >= 4 is 41.5 Å². The minimum absolute atomic E-state index is 0.0693. The Morgan fingerprint density at radius 1 is 1.36 bits per heavy atom. The van der Waals surface area contributed by atoms with Crippen LogP contribution in [0.1, 0.15) is 5.76 Å². The van der Waals surface area contributed by atoms with Crippen LogP contribution in [0.25, 0.3) is 11.4 Å². The van der Waals surface area contributed by atoms with Crippen molar-refractivity contribution < 1.29 is 14.1 Å². The Labute approximate surface area is 170 Å². The van der Waals surface area contributed by atoms with Gasteiger partial charge >= 0.3 is 0 Å². The highest BCUT2D eigenvalue weighted by Crippen LogP contribution is 2.20. The number of aromatic amines is 1. The van der Waals surface area contributed by atoms with Crippen LogP contribution in [0, 0.1) is 11.7 Å².